The summed E-state index contributed by atoms with van der Waals surface area (Å²) >= 11 is 0. The van der Waals surface area contributed by atoms with Crippen LogP contribution < -0.4 is 5.73 Å². The molecule has 1 aliphatic carbocycles. The number of nitrogens with two attached hydrogens (primary N) is 1. The van der Waals surface area contributed by atoms with Crippen LogP contribution >= 0.6 is 0 Å². The molecule has 2 nitrogen and oxygen atoms in total. The van der Waals surface area contributed by atoms with Crippen LogP contribution in [0.15, 0.2) is 24.3 Å². The number of aryl methyl sites for hydroxylation is 1. The lowest BCUT2D eigenvalue weighted by Gasteiger charge is -2.41. The first-order valence-corrected chi connectivity index (χ1v) is 7.17. The van der Waals surface area contributed by atoms with E-state index in [-0.39, 0.29) is 0 Å². The van der Waals surface area contributed by atoms with Crippen LogP contribution in [0.4, 0.5) is 0 Å². The summed E-state index contributed by atoms with van der Waals surface area (Å²) in [5.41, 5.74) is 9.26. The van der Waals surface area contributed by atoms with Gasteiger partial charge in [0.25, 0.3) is 0 Å². The largest absolute Gasteiger partial charge is 0.327 e. The highest BCUT2D eigenvalue weighted by Crippen LogP contribution is 2.42. The van der Waals surface area contributed by atoms with Crippen molar-refractivity contribution in [3.05, 3.63) is 35.4 Å². The molecule has 3 fully saturated rings. The molecule has 0 aromatic heterocycles. The SMILES string of the molecule is Cc1ccc(C2C[C@@H]3CC[C@H](N)[C@H]2CN3C)cc1. The second-order valence-electron chi connectivity index (χ2n) is 6.25. The molecule has 98 valence electrons. The van der Waals surface area contributed by atoms with Gasteiger partial charge in [0.2, 0.25) is 0 Å². The van der Waals surface area contributed by atoms with E-state index in [2.05, 4.69) is 43.1 Å². The van der Waals surface area contributed by atoms with Gasteiger partial charge in [-0.05, 0) is 50.6 Å². The fraction of sp³-hybridized carbons (Fsp3) is 0.625. The van der Waals surface area contributed by atoms with Crippen molar-refractivity contribution in [3.8, 4) is 0 Å². The highest BCUT2D eigenvalue weighted by Gasteiger charge is 2.40. The van der Waals surface area contributed by atoms with Gasteiger partial charge in [0, 0.05) is 18.6 Å². The predicted molar refractivity (Wildman–Crippen MR) is 75.7 cm³/mol. The summed E-state index contributed by atoms with van der Waals surface area (Å²) in [7, 11) is 2.26. The van der Waals surface area contributed by atoms with Crippen LogP contribution in [-0.2, 0) is 0 Å². The Bertz CT molecular complexity index is 412. The van der Waals surface area contributed by atoms with Crippen molar-refractivity contribution in [3.63, 3.8) is 0 Å². The molecular weight excluding hydrogens is 220 g/mol. The fourth-order valence-corrected chi connectivity index (χ4v) is 3.82. The molecule has 1 saturated carbocycles. The van der Waals surface area contributed by atoms with Gasteiger partial charge in [-0.25, -0.2) is 0 Å². The first kappa shape index (κ1) is 12.2. The Morgan fingerprint density at radius 3 is 2.61 bits per heavy atom. The van der Waals surface area contributed by atoms with Crippen LogP contribution in [0.25, 0.3) is 0 Å². The number of hydrogen-bond acceptors (Lipinski definition) is 2. The fourth-order valence-electron chi connectivity index (χ4n) is 3.82. The second kappa shape index (κ2) is 4.67. The van der Waals surface area contributed by atoms with Gasteiger partial charge in [0.05, 0.1) is 0 Å². The zero-order valence-electron chi connectivity index (χ0n) is 11.5. The van der Waals surface area contributed by atoms with Crippen molar-refractivity contribution in [2.24, 2.45) is 11.7 Å². The van der Waals surface area contributed by atoms with E-state index in [1.165, 1.54) is 36.9 Å². The summed E-state index contributed by atoms with van der Waals surface area (Å²) in [6.07, 6.45) is 3.76. The summed E-state index contributed by atoms with van der Waals surface area (Å²) < 4.78 is 0. The summed E-state index contributed by atoms with van der Waals surface area (Å²) in [6.45, 7) is 3.33. The van der Waals surface area contributed by atoms with Gasteiger partial charge in [0.1, 0.15) is 0 Å². The molecule has 1 aromatic rings. The molecule has 2 N–H and O–H groups in total. The first-order valence-electron chi connectivity index (χ1n) is 7.17. The van der Waals surface area contributed by atoms with Crippen LogP contribution in [0.5, 0.6) is 0 Å². The lowest BCUT2D eigenvalue weighted by atomic mass is 9.77. The molecule has 0 spiro atoms. The minimum atomic E-state index is 0.381. The van der Waals surface area contributed by atoms with Gasteiger partial charge in [0.15, 0.2) is 0 Å². The van der Waals surface area contributed by atoms with Crippen molar-refractivity contribution < 1.29 is 0 Å². The average molecular weight is 244 g/mol. The van der Waals surface area contributed by atoms with Gasteiger partial charge < -0.3 is 10.6 Å². The van der Waals surface area contributed by atoms with Gasteiger partial charge in [-0.1, -0.05) is 29.8 Å². The molecule has 0 amide bonds. The van der Waals surface area contributed by atoms with Gasteiger partial charge in [-0.3, -0.25) is 0 Å². The summed E-state index contributed by atoms with van der Waals surface area (Å²) in [4.78, 5) is 2.53. The second-order valence-corrected chi connectivity index (χ2v) is 6.25. The van der Waals surface area contributed by atoms with E-state index in [4.69, 9.17) is 5.73 Å². The smallest absolute Gasteiger partial charge is 0.00988 e. The Balaban J connectivity index is 1.90. The zero-order chi connectivity index (χ0) is 12.7. The van der Waals surface area contributed by atoms with Crippen LogP contribution in [0, 0.1) is 12.8 Å². The summed E-state index contributed by atoms with van der Waals surface area (Å²) in [6, 6.07) is 10.2. The molecule has 3 aliphatic rings. The maximum absolute atomic E-state index is 6.41. The molecule has 2 heterocycles. The normalized spacial score (nSPS) is 36.6. The minimum Gasteiger partial charge on any atom is -0.327 e. The summed E-state index contributed by atoms with van der Waals surface area (Å²) in [5.74, 6) is 1.31. The number of hydrogen-bond donors (Lipinski definition) is 1. The number of rotatable bonds is 1. The van der Waals surface area contributed by atoms with E-state index >= 15 is 0 Å². The Morgan fingerprint density at radius 2 is 1.89 bits per heavy atom. The number of benzene rings is 1. The minimum absolute atomic E-state index is 0.381. The van der Waals surface area contributed by atoms with E-state index < -0.39 is 0 Å². The third-order valence-corrected chi connectivity index (χ3v) is 5.05. The molecule has 2 saturated heterocycles. The molecule has 2 aliphatic heterocycles. The Labute approximate surface area is 110 Å². The lowest BCUT2D eigenvalue weighted by molar-refractivity contribution is 0.131. The highest BCUT2D eigenvalue weighted by molar-refractivity contribution is 5.27. The quantitative estimate of drug-likeness (QED) is 0.822. The molecule has 2 heteroatoms. The monoisotopic (exact) mass is 244 g/mol. The average Bonchev–Trinajstić information content (AvgIpc) is 2.60. The van der Waals surface area contributed by atoms with E-state index in [0.717, 1.165) is 6.04 Å². The third-order valence-electron chi connectivity index (χ3n) is 5.05. The molecule has 18 heavy (non-hydrogen) atoms. The van der Waals surface area contributed by atoms with Crippen LogP contribution in [0.2, 0.25) is 0 Å². The number of piperidine rings is 1. The van der Waals surface area contributed by atoms with Crippen LogP contribution in [-0.4, -0.2) is 30.6 Å². The standard InChI is InChI=1S/C16H24N2/c1-11-3-5-12(6-4-11)14-9-13-7-8-16(17)15(14)10-18(13)2/h3-6,13-16H,7-10,17H2,1-2H3/t13-,14?,15-,16-/m0/s1. The lowest BCUT2D eigenvalue weighted by Crippen LogP contribution is -2.46. The number of nitrogens with zero attached hydrogens (tertiary/aromatic N) is 1. The van der Waals surface area contributed by atoms with Crippen molar-refractivity contribution >= 4 is 0 Å². The van der Waals surface area contributed by atoms with E-state index in [1.54, 1.807) is 0 Å². The van der Waals surface area contributed by atoms with Crippen molar-refractivity contribution in [1.29, 1.82) is 0 Å². The molecule has 0 radical (unpaired) electrons. The maximum Gasteiger partial charge on any atom is 0.00988 e. The zero-order valence-corrected chi connectivity index (χ0v) is 11.5. The number of fused-ring (bicyclic) bond motifs is 4. The van der Waals surface area contributed by atoms with E-state index in [0.29, 0.717) is 17.9 Å². The maximum atomic E-state index is 6.41. The molecule has 4 rings (SSSR count). The van der Waals surface area contributed by atoms with Gasteiger partial charge >= 0.3 is 0 Å². The summed E-state index contributed by atoms with van der Waals surface area (Å²) in [5, 5.41) is 0. The van der Waals surface area contributed by atoms with E-state index in [9.17, 15) is 0 Å². The van der Waals surface area contributed by atoms with E-state index in [1.807, 2.05) is 0 Å². The Morgan fingerprint density at radius 1 is 1.17 bits per heavy atom. The Kier molecular flexibility index (Phi) is 3.16. The van der Waals surface area contributed by atoms with Crippen molar-refractivity contribution in [2.45, 2.75) is 44.2 Å². The van der Waals surface area contributed by atoms with Crippen LogP contribution in [0.3, 0.4) is 0 Å². The van der Waals surface area contributed by atoms with Crippen molar-refractivity contribution in [2.75, 3.05) is 13.6 Å². The Hall–Kier alpha value is -0.860. The molecule has 4 atom stereocenters. The third kappa shape index (κ3) is 2.08. The van der Waals surface area contributed by atoms with Crippen LogP contribution in [0.1, 0.15) is 36.3 Å². The van der Waals surface area contributed by atoms with Gasteiger partial charge in [-0.15, -0.1) is 0 Å². The molecule has 1 unspecified atom stereocenters. The highest BCUT2D eigenvalue weighted by atomic mass is 15.1. The molecule has 1 aromatic carbocycles. The molecule has 2 bridgehead atoms. The predicted octanol–water partition coefficient (Wildman–Crippen LogP) is 2.52. The topological polar surface area (TPSA) is 29.3 Å². The van der Waals surface area contributed by atoms with Crippen molar-refractivity contribution in [1.82, 2.24) is 4.90 Å². The first-order chi connectivity index (χ1) is 8.65. The van der Waals surface area contributed by atoms with Gasteiger partial charge in [-0.2, -0.15) is 0 Å². The molecular formula is C16H24N2.